The van der Waals surface area contributed by atoms with E-state index >= 15 is 0 Å². The molecule has 0 radical (unpaired) electrons. The molecule has 0 amide bonds. The minimum absolute atomic E-state index is 0.0695. The number of carboxylic acid groups (broad SMARTS) is 1. The van der Waals surface area contributed by atoms with Gasteiger partial charge in [-0.2, -0.15) is 0 Å². The standard InChI is InChI=1S/C21H15NO8/c23-18-7-1-12(10-16(18)20(25)26)9-13-2-8-19(24)17(11-13)21(27)30-15-5-3-14(4-6-15)22(28)29/h1-8,10-11,23-24H,9H2,(H,25,26). The Morgan fingerprint density at radius 2 is 1.40 bits per heavy atom. The molecule has 9 heteroatoms. The summed E-state index contributed by atoms with van der Waals surface area (Å²) < 4.78 is 5.16. The second-order valence-electron chi connectivity index (χ2n) is 6.33. The van der Waals surface area contributed by atoms with Crippen LogP contribution in [0.25, 0.3) is 0 Å². The van der Waals surface area contributed by atoms with Crippen LogP contribution in [0.4, 0.5) is 5.69 Å². The third-order valence-electron chi connectivity index (χ3n) is 4.24. The molecule has 9 nitrogen and oxygen atoms in total. The van der Waals surface area contributed by atoms with Crippen molar-refractivity contribution in [2.24, 2.45) is 0 Å². The molecule has 3 rings (SSSR count). The molecule has 0 unspecified atom stereocenters. The molecular formula is C21H15NO8. The van der Waals surface area contributed by atoms with Gasteiger partial charge in [0.05, 0.1) is 4.92 Å². The summed E-state index contributed by atoms with van der Waals surface area (Å²) >= 11 is 0. The molecule has 0 bridgehead atoms. The predicted molar refractivity (Wildman–Crippen MR) is 104 cm³/mol. The zero-order valence-corrected chi connectivity index (χ0v) is 15.3. The number of benzene rings is 3. The topological polar surface area (TPSA) is 147 Å². The fourth-order valence-electron chi connectivity index (χ4n) is 2.75. The maximum Gasteiger partial charge on any atom is 0.347 e. The molecule has 3 aromatic rings. The predicted octanol–water partition coefficient (Wildman–Crippen LogP) is 3.51. The Hall–Kier alpha value is -4.40. The van der Waals surface area contributed by atoms with E-state index in [1.165, 1.54) is 48.5 Å². The van der Waals surface area contributed by atoms with Crippen LogP contribution in [0.5, 0.6) is 17.2 Å². The molecule has 0 fully saturated rings. The summed E-state index contributed by atoms with van der Waals surface area (Å²) in [6.07, 6.45) is 0.235. The van der Waals surface area contributed by atoms with E-state index in [1.807, 2.05) is 0 Å². The van der Waals surface area contributed by atoms with E-state index in [0.29, 0.717) is 11.1 Å². The van der Waals surface area contributed by atoms with Crippen molar-refractivity contribution in [3.8, 4) is 17.2 Å². The van der Waals surface area contributed by atoms with Gasteiger partial charge in [-0.3, -0.25) is 10.1 Å². The number of esters is 1. The molecule has 152 valence electrons. The molecular weight excluding hydrogens is 394 g/mol. The summed E-state index contributed by atoms with van der Waals surface area (Å²) in [6, 6.07) is 13.3. The van der Waals surface area contributed by atoms with E-state index in [9.17, 15) is 29.9 Å². The molecule has 3 aromatic carbocycles. The van der Waals surface area contributed by atoms with Gasteiger partial charge in [-0.15, -0.1) is 0 Å². The molecule has 0 aliphatic heterocycles. The van der Waals surface area contributed by atoms with Crippen LogP contribution in [0, 0.1) is 10.1 Å². The first-order chi connectivity index (χ1) is 14.2. The normalized spacial score (nSPS) is 10.4. The van der Waals surface area contributed by atoms with E-state index < -0.39 is 16.9 Å². The zero-order chi connectivity index (χ0) is 21.8. The van der Waals surface area contributed by atoms with Crippen LogP contribution in [0.1, 0.15) is 31.8 Å². The lowest BCUT2D eigenvalue weighted by atomic mass is 10.00. The van der Waals surface area contributed by atoms with Gasteiger partial charge in [0.15, 0.2) is 0 Å². The number of non-ortho nitro benzene ring substituents is 1. The summed E-state index contributed by atoms with van der Waals surface area (Å²) in [7, 11) is 0. The van der Waals surface area contributed by atoms with Crippen molar-refractivity contribution in [3.05, 3.63) is 93.0 Å². The Balaban J connectivity index is 1.81. The molecule has 0 heterocycles. The average Bonchev–Trinajstić information content (AvgIpc) is 2.71. The van der Waals surface area contributed by atoms with E-state index in [2.05, 4.69) is 0 Å². The van der Waals surface area contributed by atoms with Crippen LogP contribution in [0.3, 0.4) is 0 Å². The van der Waals surface area contributed by atoms with E-state index in [0.717, 1.165) is 0 Å². The number of carboxylic acids is 1. The van der Waals surface area contributed by atoms with Gasteiger partial charge in [0.1, 0.15) is 28.4 Å². The monoisotopic (exact) mass is 409 g/mol. The minimum atomic E-state index is -1.27. The SMILES string of the molecule is O=C(O)c1cc(Cc2ccc(O)c(C(=O)Oc3ccc([N+](=O)[O-])cc3)c2)ccc1O. The minimum Gasteiger partial charge on any atom is -0.507 e. The Morgan fingerprint density at radius 1 is 0.867 bits per heavy atom. The van der Waals surface area contributed by atoms with Crippen molar-refractivity contribution in [2.75, 3.05) is 0 Å². The number of carbonyl (C=O) groups excluding carboxylic acids is 1. The molecule has 0 aromatic heterocycles. The van der Waals surface area contributed by atoms with Gasteiger partial charge >= 0.3 is 11.9 Å². The fourth-order valence-corrected chi connectivity index (χ4v) is 2.75. The Labute approximate surface area is 169 Å². The van der Waals surface area contributed by atoms with Crippen LogP contribution in [0.2, 0.25) is 0 Å². The number of nitrogens with zero attached hydrogens (tertiary/aromatic N) is 1. The number of ether oxygens (including phenoxy) is 1. The van der Waals surface area contributed by atoms with Gasteiger partial charge < -0.3 is 20.1 Å². The summed E-state index contributed by atoms with van der Waals surface area (Å²) in [6.45, 7) is 0. The summed E-state index contributed by atoms with van der Waals surface area (Å²) in [4.78, 5) is 33.7. The van der Waals surface area contributed by atoms with Gasteiger partial charge in [0.2, 0.25) is 0 Å². The highest BCUT2D eigenvalue weighted by molar-refractivity contribution is 5.94. The maximum absolute atomic E-state index is 12.4. The van der Waals surface area contributed by atoms with Crippen molar-refractivity contribution in [2.45, 2.75) is 6.42 Å². The highest BCUT2D eigenvalue weighted by Crippen LogP contribution is 2.25. The van der Waals surface area contributed by atoms with E-state index in [-0.39, 0.29) is 40.5 Å². The highest BCUT2D eigenvalue weighted by atomic mass is 16.6. The first-order valence-electron chi connectivity index (χ1n) is 8.58. The lowest BCUT2D eigenvalue weighted by Gasteiger charge is -2.09. The van der Waals surface area contributed by atoms with Gasteiger partial charge in [-0.25, -0.2) is 9.59 Å². The third kappa shape index (κ3) is 4.53. The number of hydrogen-bond acceptors (Lipinski definition) is 7. The second kappa shape index (κ2) is 8.31. The number of aromatic hydroxyl groups is 2. The Morgan fingerprint density at radius 3 is 1.93 bits per heavy atom. The Bertz CT molecular complexity index is 1140. The van der Waals surface area contributed by atoms with Gasteiger partial charge in [0, 0.05) is 12.1 Å². The molecule has 3 N–H and O–H groups in total. The fraction of sp³-hybridized carbons (Fsp3) is 0.0476. The van der Waals surface area contributed by atoms with Crippen LogP contribution in [0.15, 0.2) is 60.7 Å². The second-order valence-corrected chi connectivity index (χ2v) is 6.33. The average molecular weight is 409 g/mol. The zero-order valence-electron chi connectivity index (χ0n) is 15.3. The Kier molecular flexibility index (Phi) is 5.63. The number of rotatable bonds is 6. The molecule has 0 atom stereocenters. The number of hydrogen-bond donors (Lipinski definition) is 3. The lowest BCUT2D eigenvalue weighted by molar-refractivity contribution is -0.384. The molecule has 0 aliphatic carbocycles. The number of phenolic OH excluding ortho intramolecular Hbond substituents is 1. The largest absolute Gasteiger partial charge is 0.507 e. The molecule has 30 heavy (non-hydrogen) atoms. The first-order valence-corrected chi connectivity index (χ1v) is 8.58. The van der Waals surface area contributed by atoms with Gasteiger partial charge in [-0.1, -0.05) is 12.1 Å². The summed E-state index contributed by atoms with van der Waals surface area (Å²) in [5, 5.41) is 39.4. The molecule has 0 aliphatic rings. The van der Waals surface area contributed by atoms with Crippen molar-refractivity contribution in [3.63, 3.8) is 0 Å². The smallest absolute Gasteiger partial charge is 0.347 e. The first kappa shape index (κ1) is 20.3. The maximum atomic E-state index is 12.4. The number of nitro benzene ring substituents is 1. The van der Waals surface area contributed by atoms with E-state index in [1.54, 1.807) is 12.1 Å². The highest BCUT2D eigenvalue weighted by Gasteiger charge is 2.16. The number of phenols is 2. The number of aromatic carboxylic acids is 1. The number of nitro groups is 1. The van der Waals surface area contributed by atoms with E-state index in [4.69, 9.17) is 9.84 Å². The molecule has 0 saturated carbocycles. The van der Waals surface area contributed by atoms with Gasteiger partial charge in [0.25, 0.3) is 5.69 Å². The van der Waals surface area contributed by atoms with Crippen molar-refractivity contribution in [1.29, 1.82) is 0 Å². The van der Waals surface area contributed by atoms with Crippen LogP contribution in [-0.2, 0) is 6.42 Å². The van der Waals surface area contributed by atoms with Crippen LogP contribution < -0.4 is 4.74 Å². The molecule has 0 spiro atoms. The van der Waals surface area contributed by atoms with Crippen molar-refractivity contribution in [1.82, 2.24) is 0 Å². The quantitative estimate of drug-likeness (QED) is 0.242. The van der Waals surface area contributed by atoms with Crippen LogP contribution in [-0.4, -0.2) is 32.2 Å². The van der Waals surface area contributed by atoms with Crippen molar-refractivity contribution < 1.29 is 34.6 Å². The molecule has 0 saturated heterocycles. The van der Waals surface area contributed by atoms with Crippen LogP contribution >= 0.6 is 0 Å². The number of carbonyl (C=O) groups is 2. The summed E-state index contributed by atoms with van der Waals surface area (Å²) in [5.74, 6) is -2.74. The van der Waals surface area contributed by atoms with Gasteiger partial charge in [-0.05, 0) is 53.9 Å². The van der Waals surface area contributed by atoms with Crippen molar-refractivity contribution >= 4 is 17.6 Å². The lowest BCUT2D eigenvalue weighted by Crippen LogP contribution is -2.09. The summed E-state index contributed by atoms with van der Waals surface area (Å²) in [5.41, 5.74) is 0.637. The third-order valence-corrected chi connectivity index (χ3v) is 4.24.